The van der Waals surface area contributed by atoms with Gasteiger partial charge in [0.25, 0.3) is 5.56 Å². The van der Waals surface area contributed by atoms with Gasteiger partial charge in [0.15, 0.2) is 0 Å². The normalized spacial score (nSPS) is 18.1. The Balaban J connectivity index is 0.867. The maximum absolute atomic E-state index is 13.3. The Kier molecular flexibility index (Phi) is 8.56. The van der Waals surface area contributed by atoms with Gasteiger partial charge in [-0.05, 0) is 118 Å². The van der Waals surface area contributed by atoms with Crippen molar-refractivity contribution < 1.29 is 0 Å². The van der Waals surface area contributed by atoms with E-state index in [4.69, 9.17) is 10.7 Å². The van der Waals surface area contributed by atoms with Gasteiger partial charge in [-0.15, -0.1) is 11.3 Å². The lowest BCUT2D eigenvalue weighted by atomic mass is 9.77. The molecule has 4 heterocycles. The molecule has 0 bridgehead atoms. The summed E-state index contributed by atoms with van der Waals surface area (Å²) in [6, 6.07) is 22.3. The number of piperidine rings is 1. The lowest BCUT2D eigenvalue weighted by Crippen LogP contribution is -2.33. The van der Waals surface area contributed by atoms with Gasteiger partial charge in [0.1, 0.15) is 5.82 Å². The molecule has 1 spiro atoms. The van der Waals surface area contributed by atoms with Gasteiger partial charge in [-0.2, -0.15) is 4.98 Å². The lowest BCUT2D eigenvalue weighted by Gasteiger charge is -2.33. The molecule has 8 rings (SSSR count). The Hall–Kier alpha value is -3.65. The van der Waals surface area contributed by atoms with Crippen molar-refractivity contribution in [2.45, 2.75) is 95.4 Å². The first kappa shape index (κ1) is 31.6. The fourth-order valence-corrected chi connectivity index (χ4v) is 9.78. The van der Waals surface area contributed by atoms with Crippen LogP contribution < -0.4 is 11.3 Å². The predicted molar refractivity (Wildman–Crippen MR) is 197 cm³/mol. The summed E-state index contributed by atoms with van der Waals surface area (Å²) >= 11 is 1.70. The standard InChI is InChI=1S/C41H47N5OS/c1-27-9-8-11-36-37(27)39(47)44-40-41(20-5-6-21-41)33-25-32(16-17-35(33)46(36)40)29-18-23-45(24-19-29)22-7-3-4-10-34(42)30-12-14-31(15-13-30)38-28(2)43-26-48-38/h8-9,11-17,25-26,29,34H,3-7,10,18-24,42H2,1-2H3. The smallest absolute Gasteiger partial charge is 0.281 e. The molecule has 7 heteroatoms. The largest absolute Gasteiger partial charge is 0.324 e. The number of aryl methyl sites for hydroxylation is 2. The van der Waals surface area contributed by atoms with Crippen molar-refractivity contribution in [2.24, 2.45) is 5.73 Å². The summed E-state index contributed by atoms with van der Waals surface area (Å²) < 4.78 is 2.32. The summed E-state index contributed by atoms with van der Waals surface area (Å²) in [5, 5.41) is 0.759. The van der Waals surface area contributed by atoms with Gasteiger partial charge in [-0.25, -0.2) is 4.98 Å². The highest BCUT2D eigenvalue weighted by molar-refractivity contribution is 7.13. The van der Waals surface area contributed by atoms with Crippen LogP contribution >= 0.6 is 11.3 Å². The summed E-state index contributed by atoms with van der Waals surface area (Å²) in [4.78, 5) is 26.4. The van der Waals surface area contributed by atoms with Crippen LogP contribution in [0.4, 0.5) is 0 Å². The molecule has 0 amide bonds. The van der Waals surface area contributed by atoms with Gasteiger partial charge < -0.3 is 10.6 Å². The van der Waals surface area contributed by atoms with Crippen LogP contribution in [-0.4, -0.2) is 39.1 Å². The molecule has 48 heavy (non-hydrogen) atoms. The SMILES string of the molecule is Cc1ncsc1-c1ccc(C(N)CCCCCN2CCC(c3ccc4c(c3)C3(CCCC3)c3nc(=O)c5c(C)cccc5n3-4)CC2)cc1. The minimum Gasteiger partial charge on any atom is -0.324 e. The number of rotatable bonds is 9. The number of thiazole rings is 1. The average molecular weight is 658 g/mol. The second kappa shape index (κ2) is 13.0. The van der Waals surface area contributed by atoms with Gasteiger partial charge in [0.05, 0.1) is 38.1 Å². The molecule has 0 radical (unpaired) electrons. The van der Waals surface area contributed by atoms with Gasteiger partial charge in [-0.1, -0.05) is 74.2 Å². The number of likely N-dealkylation sites (tertiary alicyclic amines) is 1. The van der Waals surface area contributed by atoms with Crippen LogP contribution in [0.25, 0.3) is 27.0 Å². The molecule has 2 N–H and O–H groups in total. The third kappa shape index (κ3) is 5.54. The van der Waals surface area contributed by atoms with Gasteiger partial charge in [0, 0.05) is 6.04 Å². The maximum Gasteiger partial charge on any atom is 0.281 e. The van der Waals surface area contributed by atoms with Crippen LogP contribution in [0, 0.1) is 13.8 Å². The van der Waals surface area contributed by atoms with Crippen molar-refractivity contribution in [1.29, 1.82) is 0 Å². The quantitative estimate of drug-likeness (QED) is 0.161. The number of nitrogens with zero attached hydrogens (tertiary/aromatic N) is 4. The Labute approximate surface area is 288 Å². The van der Waals surface area contributed by atoms with E-state index < -0.39 is 0 Å². The fraction of sp³-hybridized carbons (Fsp3) is 0.439. The number of aromatic nitrogens is 3. The molecule has 6 nitrogen and oxygen atoms in total. The summed E-state index contributed by atoms with van der Waals surface area (Å²) in [5.41, 5.74) is 18.0. The molecule has 1 aliphatic carbocycles. The minimum atomic E-state index is -0.129. The van der Waals surface area contributed by atoms with E-state index in [-0.39, 0.29) is 17.0 Å². The summed E-state index contributed by atoms with van der Waals surface area (Å²) in [5.74, 6) is 1.57. The zero-order chi connectivity index (χ0) is 32.8. The molecule has 1 saturated heterocycles. The third-order valence-corrected chi connectivity index (χ3v) is 12.7. The van der Waals surface area contributed by atoms with E-state index in [0.717, 1.165) is 60.3 Å². The predicted octanol–water partition coefficient (Wildman–Crippen LogP) is 8.74. The number of hydrogen-bond donors (Lipinski definition) is 1. The molecule has 2 aliphatic heterocycles. The van der Waals surface area contributed by atoms with E-state index in [1.54, 1.807) is 11.3 Å². The monoisotopic (exact) mass is 657 g/mol. The molecular formula is C41H47N5OS. The van der Waals surface area contributed by atoms with E-state index in [2.05, 4.69) is 76.0 Å². The second-order valence-electron chi connectivity index (χ2n) is 14.6. The zero-order valence-electron chi connectivity index (χ0n) is 28.4. The molecule has 5 aromatic rings. The number of nitrogens with two attached hydrogens (primary N) is 1. The van der Waals surface area contributed by atoms with E-state index >= 15 is 0 Å². The topological polar surface area (TPSA) is 77.0 Å². The van der Waals surface area contributed by atoms with Gasteiger partial charge >= 0.3 is 0 Å². The third-order valence-electron chi connectivity index (χ3n) is 11.7. The summed E-state index contributed by atoms with van der Waals surface area (Å²) in [7, 11) is 0. The summed E-state index contributed by atoms with van der Waals surface area (Å²) in [6.07, 6.45) is 11.6. The van der Waals surface area contributed by atoms with Crippen LogP contribution in [0.3, 0.4) is 0 Å². The van der Waals surface area contributed by atoms with Crippen molar-refractivity contribution in [3.63, 3.8) is 0 Å². The molecule has 2 fully saturated rings. The molecular weight excluding hydrogens is 611 g/mol. The van der Waals surface area contributed by atoms with Crippen LogP contribution in [0.5, 0.6) is 0 Å². The number of hydrogen-bond acceptors (Lipinski definition) is 6. The Morgan fingerprint density at radius 1 is 0.979 bits per heavy atom. The Bertz CT molecular complexity index is 2000. The Morgan fingerprint density at radius 3 is 2.52 bits per heavy atom. The van der Waals surface area contributed by atoms with Crippen molar-refractivity contribution in [3.8, 4) is 16.1 Å². The van der Waals surface area contributed by atoms with Gasteiger partial charge in [0.2, 0.25) is 0 Å². The molecule has 248 valence electrons. The average Bonchev–Trinajstić information content (AvgIpc) is 3.84. The highest BCUT2D eigenvalue weighted by Gasteiger charge is 2.48. The molecule has 1 unspecified atom stereocenters. The number of benzene rings is 3. The fourth-order valence-electron chi connectivity index (χ4n) is 8.97. The van der Waals surface area contributed by atoms with Crippen molar-refractivity contribution in [3.05, 3.63) is 110 Å². The zero-order valence-corrected chi connectivity index (χ0v) is 29.2. The first-order valence-electron chi connectivity index (χ1n) is 18.1. The second-order valence-corrected chi connectivity index (χ2v) is 15.4. The highest BCUT2D eigenvalue weighted by atomic mass is 32.1. The van der Waals surface area contributed by atoms with E-state index in [9.17, 15) is 4.79 Å². The maximum atomic E-state index is 13.3. The van der Waals surface area contributed by atoms with E-state index in [1.165, 1.54) is 84.3 Å². The number of unbranched alkanes of at least 4 members (excludes halogenated alkanes) is 2. The molecule has 2 aromatic heterocycles. The van der Waals surface area contributed by atoms with Crippen LogP contribution in [-0.2, 0) is 5.41 Å². The van der Waals surface area contributed by atoms with Crippen LogP contribution in [0.15, 0.2) is 71.0 Å². The van der Waals surface area contributed by atoms with Crippen molar-refractivity contribution >= 4 is 22.2 Å². The molecule has 3 aromatic carbocycles. The first-order valence-corrected chi connectivity index (χ1v) is 19.0. The molecule has 1 saturated carbocycles. The summed E-state index contributed by atoms with van der Waals surface area (Å²) in [6.45, 7) is 7.60. The van der Waals surface area contributed by atoms with Gasteiger partial charge in [-0.3, -0.25) is 9.36 Å². The van der Waals surface area contributed by atoms with E-state index in [0.29, 0.717) is 5.92 Å². The molecule has 1 atom stereocenters. The molecule has 3 aliphatic rings. The Morgan fingerprint density at radius 2 is 1.77 bits per heavy atom. The van der Waals surface area contributed by atoms with E-state index in [1.807, 2.05) is 18.5 Å². The van der Waals surface area contributed by atoms with Crippen molar-refractivity contribution in [2.75, 3.05) is 19.6 Å². The highest BCUT2D eigenvalue weighted by Crippen LogP contribution is 2.53. The van der Waals surface area contributed by atoms with Crippen LogP contribution in [0.2, 0.25) is 0 Å². The minimum absolute atomic E-state index is 0.0724. The first-order chi connectivity index (χ1) is 23.4. The van der Waals surface area contributed by atoms with Crippen LogP contribution in [0.1, 0.15) is 110 Å². The van der Waals surface area contributed by atoms with Crippen molar-refractivity contribution in [1.82, 2.24) is 19.4 Å². The number of fused-ring (bicyclic) bond motifs is 7. The lowest BCUT2D eigenvalue weighted by molar-refractivity contribution is 0.208.